The lowest BCUT2D eigenvalue weighted by Crippen LogP contribution is -2.30. The highest BCUT2D eigenvalue weighted by molar-refractivity contribution is 7.87. The van der Waals surface area contributed by atoms with Crippen LogP contribution in [0, 0.1) is 0 Å². The van der Waals surface area contributed by atoms with Gasteiger partial charge in [-0.25, -0.2) is 5.14 Å². The molecule has 0 aliphatic rings. The summed E-state index contributed by atoms with van der Waals surface area (Å²) in [6.07, 6.45) is 0. The van der Waals surface area contributed by atoms with E-state index in [1.54, 1.807) is 24.3 Å². The summed E-state index contributed by atoms with van der Waals surface area (Å²) in [4.78, 5) is 0.306. The predicted octanol–water partition coefficient (Wildman–Crippen LogP) is -0.386. The fourth-order valence-electron chi connectivity index (χ4n) is 0.971. The Morgan fingerprint density at radius 2 is 1.87 bits per heavy atom. The number of hydrogen-bond donors (Lipinski definition) is 3. The van der Waals surface area contributed by atoms with Crippen molar-refractivity contribution in [1.29, 1.82) is 0 Å². The van der Waals surface area contributed by atoms with Gasteiger partial charge in [0.05, 0.1) is 0 Å². The third-order valence-corrected chi connectivity index (χ3v) is 2.50. The maximum absolute atomic E-state index is 10.6. The Morgan fingerprint density at radius 1 is 1.33 bits per heavy atom. The molecule has 5 nitrogen and oxygen atoms in total. The van der Waals surface area contributed by atoms with Crippen molar-refractivity contribution in [3.63, 3.8) is 0 Å². The van der Waals surface area contributed by atoms with Crippen LogP contribution in [0.5, 0.6) is 0 Å². The summed E-state index contributed by atoms with van der Waals surface area (Å²) >= 11 is 4.78. The molecule has 1 aromatic rings. The van der Waals surface area contributed by atoms with E-state index in [9.17, 15) is 8.42 Å². The van der Waals surface area contributed by atoms with Gasteiger partial charge < -0.3 is 5.73 Å². The molecule has 0 aliphatic heterocycles. The van der Waals surface area contributed by atoms with Crippen LogP contribution in [-0.2, 0) is 16.8 Å². The van der Waals surface area contributed by atoms with E-state index < -0.39 is 10.2 Å². The number of benzene rings is 1. The van der Waals surface area contributed by atoms with Gasteiger partial charge in [-0.15, -0.1) is 0 Å². The number of nitrogens with one attached hydrogen (secondary N) is 1. The van der Waals surface area contributed by atoms with Crippen LogP contribution < -0.4 is 15.6 Å². The summed E-state index contributed by atoms with van der Waals surface area (Å²) in [7, 11) is -3.65. The standard InChI is InChI=1S/C8H11N3O2S2/c9-8(14)7-3-1-6(2-4-7)5-11-15(10,12)13/h1-4,11H,5H2,(H2,9,14)(H2,10,12,13). The largest absolute Gasteiger partial charge is 0.389 e. The molecule has 0 saturated heterocycles. The number of nitrogens with two attached hydrogens (primary N) is 2. The lowest BCUT2D eigenvalue weighted by molar-refractivity contribution is 0.583. The molecule has 0 heterocycles. The van der Waals surface area contributed by atoms with Gasteiger partial charge in [-0.3, -0.25) is 0 Å². The highest BCUT2D eigenvalue weighted by Crippen LogP contribution is 2.04. The van der Waals surface area contributed by atoms with Crippen molar-refractivity contribution in [2.75, 3.05) is 0 Å². The highest BCUT2D eigenvalue weighted by Gasteiger charge is 2.01. The molecule has 0 atom stereocenters. The average Bonchev–Trinajstić information content (AvgIpc) is 2.14. The molecule has 82 valence electrons. The Bertz CT molecular complexity index is 453. The summed E-state index contributed by atoms with van der Waals surface area (Å²) in [6.45, 7) is 0.149. The second-order valence-corrected chi connectivity index (χ2v) is 4.75. The highest BCUT2D eigenvalue weighted by atomic mass is 32.2. The van der Waals surface area contributed by atoms with E-state index in [1.165, 1.54) is 0 Å². The Kier molecular flexibility index (Phi) is 3.75. The van der Waals surface area contributed by atoms with Gasteiger partial charge in [0.15, 0.2) is 0 Å². The summed E-state index contributed by atoms with van der Waals surface area (Å²) in [5.41, 5.74) is 6.93. The molecule has 0 bridgehead atoms. The van der Waals surface area contributed by atoms with Gasteiger partial charge in [0.2, 0.25) is 0 Å². The molecule has 1 aromatic carbocycles. The van der Waals surface area contributed by atoms with Gasteiger partial charge in [-0.2, -0.15) is 13.1 Å². The van der Waals surface area contributed by atoms with E-state index >= 15 is 0 Å². The minimum absolute atomic E-state index is 0.149. The quantitative estimate of drug-likeness (QED) is 0.629. The zero-order valence-electron chi connectivity index (χ0n) is 7.80. The maximum Gasteiger partial charge on any atom is 0.274 e. The molecular weight excluding hydrogens is 234 g/mol. The first-order valence-corrected chi connectivity index (χ1v) is 6.00. The molecule has 0 fully saturated rings. The Morgan fingerprint density at radius 3 is 2.27 bits per heavy atom. The molecular formula is C8H11N3O2S2. The lowest BCUT2D eigenvalue weighted by atomic mass is 10.1. The molecule has 0 spiro atoms. The first-order chi connectivity index (χ1) is 6.88. The maximum atomic E-state index is 10.6. The van der Waals surface area contributed by atoms with Crippen molar-refractivity contribution < 1.29 is 8.42 Å². The van der Waals surface area contributed by atoms with Crippen LogP contribution in [0.2, 0.25) is 0 Å². The molecule has 0 amide bonds. The minimum Gasteiger partial charge on any atom is -0.389 e. The molecule has 7 heteroatoms. The Balaban J connectivity index is 2.69. The van der Waals surface area contributed by atoms with E-state index in [1.807, 2.05) is 0 Å². The summed E-state index contributed by atoms with van der Waals surface area (Å²) in [6, 6.07) is 6.91. The van der Waals surface area contributed by atoms with Gasteiger partial charge in [0.25, 0.3) is 10.2 Å². The summed E-state index contributed by atoms with van der Waals surface area (Å²) in [5, 5.41) is 4.78. The topological polar surface area (TPSA) is 98.2 Å². The van der Waals surface area contributed by atoms with Crippen molar-refractivity contribution >= 4 is 27.4 Å². The van der Waals surface area contributed by atoms with E-state index in [2.05, 4.69) is 4.72 Å². The fourth-order valence-corrected chi connectivity index (χ4v) is 1.47. The van der Waals surface area contributed by atoms with Gasteiger partial charge >= 0.3 is 0 Å². The van der Waals surface area contributed by atoms with E-state index in [0.29, 0.717) is 4.99 Å². The smallest absolute Gasteiger partial charge is 0.274 e. The predicted molar refractivity (Wildman–Crippen MR) is 62.3 cm³/mol. The van der Waals surface area contributed by atoms with Gasteiger partial charge in [-0.1, -0.05) is 36.5 Å². The van der Waals surface area contributed by atoms with Crippen LogP contribution in [0.3, 0.4) is 0 Å². The monoisotopic (exact) mass is 245 g/mol. The van der Waals surface area contributed by atoms with Crippen molar-refractivity contribution in [3.05, 3.63) is 35.4 Å². The van der Waals surface area contributed by atoms with Crippen molar-refractivity contribution in [3.8, 4) is 0 Å². The molecule has 1 rings (SSSR count). The van der Waals surface area contributed by atoms with Gasteiger partial charge in [0.1, 0.15) is 4.99 Å². The molecule has 0 aliphatic carbocycles. The Labute approximate surface area is 93.6 Å². The number of rotatable bonds is 4. The average molecular weight is 245 g/mol. The molecule has 5 N–H and O–H groups in total. The van der Waals surface area contributed by atoms with Crippen LogP contribution in [0.4, 0.5) is 0 Å². The van der Waals surface area contributed by atoms with E-state index in [0.717, 1.165) is 11.1 Å². The van der Waals surface area contributed by atoms with Crippen LogP contribution in [0.15, 0.2) is 24.3 Å². The molecule has 0 unspecified atom stereocenters. The SMILES string of the molecule is NC(=S)c1ccc(CNS(N)(=O)=O)cc1. The van der Waals surface area contributed by atoms with Gasteiger partial charge in [0, 0.05) is 12.1 Å². The molecule has 0 radical (unpaired) electrons. The van der Waals surface area contributed by atoms with Crippen molar-refractivity contribution in [2.24, 2.45) is 10.9 Å². The van der Waals surface area contributed by atoms with Crippen molar-refractivity contribution in [2.45, 2.75) is 6.54 Å². The first kappa shape index (κ1) is 12.1. The first-order valence-electron chi connectivity index (χ1n) is 4.04. The zero-order chi connectivity index (χ0) is 11.5. The van der Waals surface area contributed by atoms with E-state index in [-0.39, 0.29) is 6.54 Å². The van der Waals surface area contributed by atoms with Crippen LogP contribution >= 0.6 is 12.2 Å². The van der Waals surface area contributed by atoms with Crippen molar-refractivity contribution in [1.82, 2.24) is 4.72 Å². The molecule has 0 saturated carbocycles. The normalized spacial score (nSPS) is 11.3. The minimum atomic E-state index is -3.65. The number of hydrogen-bond acceptors (Lipinski definition) is 3. The third kappa shape index (κ3) is 4.34. The Hall–Kier alpha value is -1.02. The second-order valence-electron chi connectivity index (χ2n) is 2.93. The zero-order valence-corrected chi connectivity index (χ0v) is 9.44. The third-order valence-electron chi connectivity index (χ3n) is 1.72. The van der Waals surface area contributed by atoms with Gasteiger partial charge in [-0.05, 0) is 5.56 Å². The summed E-state index contributed by atoms with van der Waals surface area (Å²) in [5.74, 6) is 0. The van der Waals surface area contributed by atoms with Crippen LogP contribution in [0.1, 0.15) is 11.1 Å². The van der Waals surface area contributed by atoms with Crippen LogP contribution in [0.25, 0.3) is 0 Å². The van der Waals surface area contributed by atoms with Crippen LogP contribution in [-0.4, -0.2) is 13.4 Å². The molecule has 0 aromatic heterocycles. The summed E-state index contributed by atoms with van der Waals surface area (Å²) < 4.78 is 23.4. The van der Waals surface area contributed by atoms with E-state index in [4.69, 9.17) is 23.1 Å². The number of thiocarbonyl (C=S) groups is 1. The second kappa shape index (κ2) is 4.67. The molecule has 15 heavy (non-hydrogen) atoms. The lowest BCUT2D eigenvalue weighted by Gasteiger charge is -2.03. The fraction of sp³-hybridized carbons (Fsp3) is 0.125.